The van der Waals surface area contributed by atoms with Crippen LogP contribution in [0.1, 0.15) is 32.8 Å². The molecule has 0 aromatic heterocycles. The van der Waals surface area contributed by atoms with Gasteiger partial charge in [-0.15, -0.1) is 0 Å². The first-order valence-corrected chi connectivity index (χ1v) is 11.5. The topological polar surface area (TPSA) is 55.8 Å². The van der Waals surface area contributed by atoms with Crippen molar-refractivity contribution in [3.05, 3.63) is 29.8 Å². The highest BCUT2D eigenvalue weighted by Crippen LogP contribution is 2.14. The minimum Gasteiger partial charge on any atom is -0.380 e. The molecule has 0 fully saturated rings. The van der Waals surface area contributed by atoms with Gasteiger partial charge >= 0.3 is 0 Å². The molecule has 1 aromatic rings. The Morgan fingerprint density at radius 3 is 2.36 bits per heavy atom. The fraction of sp³-hybridized carbons (Fsp3) is 0.667. The number of hydrogen-bond acceptors (Lipinski definition) is 4. The third kappa shape index (κ3) is 7.66. The molecule has 0 bridgehead atoms. The van der Waals surface area contributed by atoms with Crippen LogP contribution in [0.3, 0.4) is 0 Å². The fourth-order valence-electron chi connectivity index (χ4n) is 2.19. The molecule has 0 saturated carbocycles. The van der Waals surface area contributed by atoms with Crippen molar-refractivity contribution in [3.8, 4) is 0 Å². The van der Waals surface area contributed by atoms with E-state index in [4.69, 9.17) is 8.92 Å². The number of benzene rings is 1. The van der Waals surface area contributed by atoms with Gasteiger partial charge < -0.3 is 4.74 Å². The number of sulfonamides is 1. The normalized spacial score (nSPS) is 13.6. The van der Waals surface area contributed by atoms with E-state index in [2.05, 4.69) is 13.8 Å². The van der Waals surface area contributed by atoms with Crippen LogP contribution in [0.2, 0.25) is 0 Å². The van der Waals surface area contributed by atoms with Crippen molar-refractivity contribution >= 4 is 21.2 Å². The SMILES string of the molecule is CCO[S+](CCCOCCN(C)S(=O)(=O)c1ccc(C)cc1)C(C)C. The van der Waals surface area contributed by atoms with Crippen LogP contribution in [-0.4, -0.2) is 57.1 Å². The molecule has 5 nitrogen and oxygen atoms in total. The molecule has 0 aliphatic rings. The molecule has 0 amide bonds. The Labute approximate surface area is 156 Å². The van der Waals surface area contributed by atoms with Gasteiger partial charge in [0.2, 0.25) is 10.0 Å². The molecule has 0 aliphatic heterocycles. The Kier molecular flexibility index (Phi) is 10.0. The Morgan fingerprint density at radius 2 is 1.80 bits per heavy atom. The minimum atomic E-state index is -3.45. The van der Waals surface area contributed by atoms with Gasteiger partial charge in [-0.3, -0.25) is 0 Å². The summed E-state index contributed by atoms with van der Waals surface area (Å²) in [6, 6.07) is 6.90. The molecule has 1 unspecified atom stereocenters. The molecule has 0 heterocycles. The van der Waals surface area contributed by atoms with Crippen LogP contribution >= 0.6 is 0 Å². The fourth-order valence-corrected chi connectivity index (χ4v) is 4.91. The van der Waals surface area contributed by atoms with Crippen LogP contribution in [-0.2, 0) is 30.1 Å². The molecule has 25 heavy (non-hydrogen) atoms. The van der Waals surface area contributed by atoms with Crippen LogP contribution in [0.25, 0.3) is 0 Å². The molecule has 0 N–H and O–H groups in total. The van der Waals surface area contributed by atoms with Gasteiger partial charge in [-0.2, -0.15) is 8.49 Å². The summed E-state index contributed by atoms with van der Waals surface area (Å²) in [5, 5.41) is 0.519. The Morgan fingerprint density at radius 1 is 1.16 bits per heavy atom. The predicted molar refractivity (Wildman–Crippen MR) is 105 cm³/mol. The summed E-state index contributed by atoms with van der Waals surface area (Å²) >= 11 is -0.0177. The van der Waals surface area contributed by atoms with Crippen LogP contribution in [0, 0.1) is 6.92 Å². The lowest BCUT2D eigenvalue weighted by Gasteiger charge is -2.17. The van der Waals surface area contributed by atoms with E-state index < -0.39 is 10.0 Å². The zero-order valence-electron chi connectivity index (χ0n) is 16.0. The average Bonchev–Trinajstić information content (AvgIpc) is 2.56. The van der Waals surface area contributed by atoms with Gasteiger partial charge in [0.1, 0.15) is 28.8 Å². The Hall–Kier alpha value is -0.600. The summed E-state index contributed by atoms with van der Waals surface area (Å²) in [5.74, 6) is 0.989. The Bertz CT molecular complexity index is 588. The first-order chi connectivity index (χ1) is 11.8. The average molecular weight is 391 g/mol. The molecule has 1 atom stereocenters. The van der Waals surface area contributed by atoms with Crippen molar-refractivity contribution < 1.29 is 17.3 Å². The zero-order chi connectivity index (χ0) is 18.9. The van der Waals surface area contributed by atoms with E-state index in [1.807, 2.05) is 26.0 Å². The van der Waals surface area contributed by atoms with Crippen LogP contribution in [0.15, 0.2) is 29.2 Å². The van der Waals surface area contributed by atoms with E-state index >= 15 is 0 Å². The van der Waals surface area contributed by atoms with Crippen molar-refractivity contribution in [2.24, 2.45) is 0 Å². The highest BCUT2D eigenvalue weighted by Gasteiger charge is 2.24. The lowest BCUT2D eigenvalue weighted by atomic mass is 10.2. The minimum absolute atomic E-state index is 0.0177. The van der Waals surface area contributed by atoms with Gasteiger partial charge in [-0.05, 0) is 39.8 Å². The number of nitrogens with zero attached hydrogens (tertiary/aromatic N) is 1. The number of likely N-dealkylation sites (N-methyl/N-ethyl adjacent to an activating group) is 1. The van der Waals surface area contributed by atoms with Crippen LogP contribution < -0.4 is 0 Å². The monoisotopic (exact) mass is 390 g/mol. The van der Waals surface area contributed by atoms with Gasteiger partial charge in [-0.25, -0.2) is 8.42 Å². The summed E-state index contributed by atoms with van der Waals surface area (Å²) in [6.07, 6.45) is 0.926. The van der Waals surface area contributed by atoms with E-state index in [1.165, 1.54) is 4.31 Å². The zero-order valence-corrected chi connectivity index (χ0v) is 17.7. The molecular formula is C18H32NO4S2+. The van der Waals surface area contributed by atoms with Gasteiger partial charge in [-0.1, -0.05) is 17.7 Å². The van der Waals surface area contributed by atoms with Gasteiger partial charge in [0.05, 0.1) is 18.1 Å². The van der Waals surface area contributed by atoms with E-state index in [0.717, 1.165) is 24.3 Å². The van der Waals surface area contributed by atoms with E-state index in [1.54, 1.807) is 19.2 Å². The summed E-state index contributed by atoms with van der Waals surface area (Å²) in [7, 11) is -1.86. The van der Waals surface area contributed by atoms with Crippen LogP contribution in [0.4, 0.5) is 0 Å². The van der Waals surface area contributed by atoms with Crippen molar-refractivity contribution in [1.82, 2.24) is 4.31 Å². The molecule has 0 saturated heterocycles. The third-order valence-corrected chi connectivity index (χ3v) is 7.86. The van der Waals surface area contributed by atoms with Gasteiger partial charge in [0, 0.05) is 20.0 Å². The van der Waals surface area contributed by atoms with Crippen molar-refractivity contribution in [2.75, 3.05) is 39.2 Å². The van der Waals surface area contributed by atoms with Crippen molar-refractivity contribution in [3.63, 3.8) is 0 Å². The first kappa shape index (κ1) is 22.4. The maximum absolute atomic E-state index is 12.5. The predicted octanol–water partition coefficient (Wildman–Crippen LogP) is 3.00. The standard InChI is InChI=1S/C18H32NO4S2/c1-6-23-24(16(2)3)15-7-13-22-14-12-19(5)25(20,21)18-10-8-17(4)9-11-18/h8-11,16H,6-7,12-15H2,1-5H3/q+1. The van der Waals surface area contributed by atoms with Crippen molar-refractivity contribution in [2.45, 2.75) is 44.3 Å². The highest BCUT2D eigenvalue weighted by molar-refractivity contribution is 7.92. The second-order valence-electron chi connectivity index (χ2n) is 6.15. The third-order valence-electron chi connectivity index (χ3n) is 3.71. The number of aryl methyl sites for hydroxylation is 1. The van der Waals surface area contributed by atoms with Gasteiger partial charge in [0.15, 0.2) is 0 Å². The number of rotatable bonds is 12. The maximum atomic E-state index is 12.5. The molecule has 0 spiro atoms. The quantitative estimate of drug-likeness (QED) is 0.407. The molecule has 0 aliphatic carbocycles. The number of ether oxygens (including phenoxy) is 1. The lowest BCUT2D eigenvalue weighted by Crippen LogP contribution is -2.30. The van der Waals surface area contributed by atoms with E-state index in [9.17, 15) is 8.42 Å². The second kappa shape index (κ2) is 11.2. The summed E-state index contributed by atoms with van der Waals surface area (Å²) < 4.78 is 37.6. The summed E-state index contributed by atoms with van der Waals surface area (Å²) in [4.78, 5) is 0.318. The summed E-state index contributed by atoms with van der Waals surface area (Å²) in [5.41, 5.74) is 1.04. The smallest absolute Gasteiger partial charge is 0.242 e. The highest BCUT2D eigenvalue weighted by atomic mass is 32.2. The summed E-state index contributed by atoms with van der Waals surface area (Å²) in [6.45, 7) is 10.4. The molecular weight excluding hydrogens is 358 g/mol. The maximum Gasteiger partial charge on any atom is 0.242 e. The van der Waals surface area contributed by atoms with Crippen molar-refractivity contribution in [1.29, 1.82) is 0 Å². The second-order valence-corrected chi connectivity index (χ2v) is 10.5. The first-order valence-electron chi connectivity index (χ1n) is 8.72. The number of hydrogen-bond donors (Lipinski definition) is 0. The molecule has 1 aromatic carbocycles. The molecule has 144 valence electrons. The van der Waals surface area contributed by atoms with Crippen LogP contribution in [0.5, 0.6) is 0 Å². The van der Waals surface area contributed by atoms with Gasteiger partial charge in [0.25, 0.3) is 0 Å². The molecule has 1 rings (SSSR count). The molecule has 0 radical (unpaired) electrons. The molecule has 7 heteroatoms. The van der Waals surface area contributed by atoms with E-state index in [-0.39, 0.29) is 11.2 Å². The van der Waals surface area contributed by atoms with E-state index in [0.29, 0.717) is 29.9 Å². The lowest BCUT2D eigenvalue weighted by molar-refractivity contribution is 0.127. The largest absolute Gasteiger partial charge is 0.380 e. The Balaban J connectivity index is 2.32.